The number of thioether (sulfide) groups is 1. The molecule has 0 radical (unpaired) electrons. The second-order valence-electron chi connectivity index (χ2n) is 7.72. The molecule has 4 heteroatoms. The first kappa shape index (κ1) is 24.5. The minimum absolute atomic E-state index is 0.659. The van der Waals surface area contributed by atoms with E-state index in [1.54, 1.807) is 11.8 Å². The van der Waals surface area contributed by atoms with E-state index in [0.717, 1.165) is 45.6 Å². The Labute approximate surface area is 190 Å². The lowest BCUT2D eigenvalue weighted by molar-refractivity contribution is -0.140. The van der Waals surface area contributed by atoms with Crippen LogP contribution < -0.4 is 5.73 Å². The first-order chi connectivity index (χ1) is 14.8. The fourth-order valence-corrected chi connectivity index (χ4v) is 4.09. The van der Waals surface area contributed by atoms with Gasteiger partial charge in [-0.15, -0.1) is 11.8 Å². The lowest BCUT2D eigenvalue weighted by Crippen LogP contribution is -2.19. The second kappa shape index (κ2) is 11.1. The van der Waals surface area contributed by atoms with E-state index in [9.17, 15) is 9.90 Å². The van der Waals surface area contributed by atoms with Crippen LogP contribution in [-0.2, 0) is 10.2 Å². The average Bonchev–Trinajstić information content (AvgIpc) is 3.58. The number of allylic oxidation sites excluding steroid dienone is 2. The van der Waals surface area contributed by atoms with Gasteiger partial charge in [0.25, 0.3) is 0 Å². The summed E-state index contributed by atoms with van der Waals surface area (Å²) < 4.78 is 0. The van der Waals surface area contributed by atoms with Crippen LogP contribution in [0.5, 0.6) is 0 Å². The maximum atomic E-state index is 11.5. The molecule has 3 rings (SSSR count). The maximum Gasteiger partial charge on any atom is 0.314 e. The van der Waals surface area contributed by atoms with E-state index in [4.69, 9.17) is 5.73 Å². The molecule has 0 aliphatic heterocycles. The minimum Gasteiger partial charge on any atom is -0.481 e. The van der Waals surface area contributed by atoms with E-state index < -0.39 is 11.4 Å². The number of hydrogen-bond donors (Lipinski definition) is 2. The number of carboxylic acid groups (broad SMARTS) is 1. The molecule has 0 bridgehead atoms. The standard InChI is InChI=1S/C24H25NO2S.C3H8/c1-4-5-16(2)21(25)22(28-3)19-8-6-17(7-9-19)18-10-12-20(13-11-18)24(14-15-24)23(26)27;1-3-2/h4-13H,2,14-15,25H2,1,3H3,(H,26,27);3H2,1-2H3/b5-4-,22-21+;. The molecule has 164 valence electrons. The first-order valence-corrected chi connectivity index (χ1v) is 11.9. The molecule has 0 aromatic heterocycles. The molecule has 2 aromatic carbocycles. The molecule has 0 heterocycles. The van der Waals surface area contributed by atoms with Crippen molar-refractivity contribution in [1.82, 2.24) is 0 Å². The molecule has 2 aromatic rings. The van der Waals surface area contributed by atoms with Crippen molar-refractivity contribution >= 4 is 22.6 Å². The SMILES string of the molecule is C=C(/C=C\C)/C(N)=C(\SC)c1ccc(-c2ccc(C3(C(=O)O)CC3)cc2)cc1.CCC. The summed E-state index contributed by atoms with van der Waals surface area (Å²) >= 11 is 1.61. The molecule has 0 unspecified atom stereocenters. The van der Waals surface area contributed by atoms with Crippen LogP contribution in [-0.4, -0.2) is 17.3 Å². The highest BCUT2D eigenvalue weighted by Crippen LogP contribution is 2.48. The molecule has 3 N–H and O–H groups in total. The van der Waals surface area contributed by atoms with Crippen LogP contribution in [0, 0.1) is 0 Å². The summed E-state index contributed by atoms with van der Waals surface area (Å²) in [7, 11) is 0. The second-order valence-corrected chi connectivity index (χ2v) is 8.54. The maximum absolute atomic E-state index is 11.5. The molecule has 31 heavy (non-hydrogen) atoms. The van der Waals surface area contributed by atoms with E-state index in [1.807, 2.05) is 49.6 Å². The van der Waals surface area contributed by atoms with Crippen LogP contribution in [0.2, 0.25) is 0 Å². The van der Waals surface area contributed by atoms with Crippen LogP contribution in [0.1, 0.15) is 51.2 Å². The molecule has 1 aliphatic carbocycles. The Bertz CT molecular complexity index is 965. The molecular weight excluding hydrogens is 402 g/mol. The Morgan fingerprint density at radius 1 is 1.10 bits per heavy atom. The van der Waals surface area contributed by atoms with Crippen LogP contribution in [0.15, 0.2) is 78.5 Å². The van der Waals surface area contributed by atoms with Gasteiger partial charge >= 0.3 is 5.97 Å². The van der Waals surface area contributed by atoms with Crippen molar-refractivity contribution in [2.24, 2.45) is 5.73 Å². The zero-order valence-electron chi connectivity index (χ0n) is 18.9. The summed E-state index contributed by atoms with van der Waals surface area (Å²) in [5.74, 6) is -0.724. The number of benzene rings is 2. The number of hydrogen-bond acceptors (Lipinski definition) is 3. The summed E-state index contributed by atoms with van der Waals surface area (Å²) in [4.78, 5) is 12.5. The smallest absolute Gasteiger partial charge is 0.314 e. The van der Waals surface area contributed by atoms with Gasteiger partial charge in [0.15, 0.2) is 0 Å². The summed E-state index contributed by atoms with van der Waals surface area (Å²) in [6.07, 6.45) is 8.54. The molecule has 1 aliphatic rings. The fourth-order valence-electron chi connectivity index (χ4n) is 3.37. The van der Waals surface area contributed by atoms with E-state index in [0.29, 0.717) is 5.70 Å². The van der Waals surface area contributed by atoms with Gasteiger partial charge in [0.05, 0.1) is 11.1 Å². The number of nitrogens with two attached hydrogens (primary N) is 1. The average molecular weight is 436 g/mol. The number of rotatable bonds is 7. The number of carbonyl (C=O) groups is 1. The normalized spacial score (nSPS) is 15.0. The number of aliphatic carboxylic acids is 1. The molecule has 1 fully saturated rings. The Morgan fingerprint density at radius 3 is 1.97 bits per heavy atom. The monoisotopic (exact) mass is 435 g/mol. The van der Waals surface area contributed by atoms with Gasteiger partial charge in [0.1, 0.15) is 0 Å². The third-order valence-corrected chi connectivity index (χ3v) is 6.10. The van der Waals surface area contributed by atoms with Crippen molar-refractivity contribution in [3.8, 4) is 11.1 Å². The van der Waals surface area contributed by atoms with Crippen molar-refractivity contribution < 1.29 is 9.90 Å². The van der Waals surface area contributed by atoms with Gasteiger partial charge in [-0.25, -0.2) is 0 Å². The first-order valence-electron chi connectivity index (χ1n) is 10.6. The van der Waals surface area contributed by atoms with Crippen LogP contribution in [0.25, 0.3) is 16.0 Å². The number of carboxylic acids is 1. The zero-order chi connectivity index (χ0) is 23.0. The summed E-state index contributed by atoms with van der Waals surface area (Å²) in [5, 5.41) is 9.44. The predicted octanol–water partition coefficient (Wildman–Crippen LogP) is 7.01. The third kappa shape index (κ3) is 5.71. The van der Waals surface area contributed by atoms with Crippen molar-refractivity contribution in [2.75, 3.05) is 6.26 Å². The Hall–Kier alpha value is -2.72. The van der Waals surface area contributed by atoms with Gasteiger partial charge in [-0.1, -0.05) is 87.5 Å². The molecule has 0 atom stereocenters. The van der Waals surface area contributed by atoms with E-state index >= 15 is 0 Å². The lowest BCUT2D eigenvalue weighted by Gasteiger charge is -2.13. The highest BCUT2D eigenvalue weighted by molar-refractivity contribution is 8.07. The van der Waals surface area contributed by atoms with Gasteiger partial charge in [-0.3, -0.25) is 4.79 Å². The third-order valence-electron chi connectivity index (χ3n) is 5.24. The topological polar surface area (TPSA) is 63.3 Å². The predicted molar refractivity (Wildman–Crippen MR) is 135 cm³/mol. The highest BCUT2D eigenvalue weighted by Gasteiger charge is 2.51. The van der Waals surface area contributed by atoms with Crippen molar-refractivity contribution in [1.29, 1.82) is 0 Å². The van der Waals surface area contributed by atoms with Crippen molar-refractivity contribution in [3.05, 3.63) is 89.7 Å². The van der Waals surface area contributed by atoms with Crippen molar-refractivity contribution in [3.63, 3.8) is 0 Å². The zero-order valence-corrected chi connectivity index (χ0v) is 19.8. The molecular formula is C27H33NO2S. The Kier molecular flexibility index (Phi) is 8.76. The van der Waals surface area contributed by atoms with Crippen LogP contribution in [0.3, 0.4) is 0 Å². The van der Waals surface area contributed by atoms with Gasteiger partial charge in [0.2, 0.25) is 0 Å². The van der Waals surface area contributed by atoms with Gasteiger partial charge in [0, 0.05) is 4.91 Å². The van der Waals surface area contributed by atoms with E-state index in [2.05, 4.69) is 44.7 Å². The Morgan fingerprint density at radius 2 is 1.58 bits per heavy atom. The van der Waals surface area contributed by atoms with Crippen LogP contribution >= 0.6 is 11.8 Å². The summed E-state index contributed by atoms with van der Waals surface area (Å²) in [6.45, 7) is 10.2. The van der Waals surface area contributed by atoms with Crippen LogP contribution in [0.4, 0.5) is 0 Å². The molecule has 3 nitrogen and oxygen atoms in total. The molecule has 0 saturated heterocycles. The van der Waals surface area contributed by atoms with E-state index in [1.165, 1.54) is 6.42 Å². The van der Waals surface area contributed by atoms with Gasteiger partial charge in [-0.05, 0) is 53.8 Å². The Balaban J connectivity index is 0.00000107. The van der Waals surface area contributed by atoms with Gasteiger partial charge in [-0.2, -0.15) is 0 Å². The molecule has 1 saturated carbocycles. The minimum atomic E-state index is -0.724. The van der Waals surface area contributed by atoms with E-state index in [-0.39, 0.29) is 0 Å². The fraction of sp³-hybridized carbons (Fsp3) is 0.296. The lowest BCUT2D eigenvalue weighted by atomic mass is 9.93. The van der Waals surface area contributed by atoms with Crippen molar-refractivity contribution in [2.45, 2.75) is 45.4 Å². The summed E-state index contributed by atoms with van der Waals surface area (Å²) in [6, 6.07) is 16.1. The summed E-state index contributed by atoms with van der Waals surface area (Å²) in [5.41, 5.74) is 11.2. The largest absolute Gasteiger partial charge is 0.481 e. The quantitative estimate of drug-likeness (QED) is 0.459. The molecule has 0 spiro atoms. The van der Waals surface area contributed by atoms with Gasteiger partial charge < -0.3 is 10.8 Å². The highest BCUT2D eigenvalue weighted by atomic mass is 32.2. The molecule has 0 amide bonds.